The molecule has 1 aliphatic rings. The Morgan fingerprint density at radius 2 is 2.43 bits per heavy atom. The van der Waals surface area contributed by atoms with Crippen LogP contribution in [0, 0.1) is 0 Å². The van der Waals surface area contributed by atoms with E-state index in [2.05, 4.69) is 5.32 Å². The van der Waals surface area contributed by atoms with E-state index < -0.39 is 5.60 Å². The predicted molar refractivity (Wildman–Crippen MR) is 52.9 cm³/mol. The van der Waals surface area contributed by atoms with Crippen LogP contribution in [0.15, 0.2) is 0 Å². The molecule has 1 fully saturated rings. The topological polar surface area (TPSA) is 58.6 Å². The second-order valence-corrected chi connectivity index (χ2v) is 4.07. The Hall–Kier alpha value is -0.610. The fourth-order valence-corrected chi connectivity index (χ4v) is 1.30. The first-order valence-electron chi connectivity index (χ1n) is 5.17. The van der Waals surface area contributed by atoms with Gasteiger partial charge in [0.25, 0.3) is 0 Å². The lowest BCUT2D eigenvalue weighted by atomic mass is 10.0. The Morgan fingerprint density at radius 1 is 1.71 bits per heavy atom. The quantitative estimate of drug-likeness (QED) is 0.694. The van der Waals surface area contributed by atoms with Crippen LogP contribution in [0.3, 0.4) is 0 Å². The molecule has 0 aromatic heterocycles. The van der Waals surface area contributed by atoms with Gasteiger partial charge in [-0.3, -0.25) is 4.79 Å². The van der Waals surface area contributed by atoms with E-state index in [1.54, 1.807) is 6.92 Å². The summed E-state index contributed by atoms with van der Waals surface area (Å²) in [5.74, 6) is -0.101. The molecule has 4 heteroatoms. The lowest BCUT2D eigenvalue weighted by Gasteiger charge is -2.22. The molecule has 0 radical (unpaired) electrons. The third-order valence-electron chi connectivity index (χ3n) is 2.63. The van der Waals surface area contributed by atoms with Gasteiger partial charge in [0.05, 0.1) is 5.60 Å². The van der Waals surface area contributed by atoms with Gasteiger partial charge in [0.2, 0.25) is 5.91 Å². The average Bonchev–Trinajstić information content (AvgIpc) is 2.67. The summed E-state index contributed by atoms with van der Waals surface area (Å²) in [6.45, 7) is 4.56. The maximum absolute atomic E-state index is 11.5. The highest BCUT2D eigenvalue weighted by atomic mass is 16.5. The van der Waals surface area contributed by atoms with Crippen molar-refractivity contribution in [2.75, 3.05) is 13.2 Å². The fourth-order valence-electron chi connectivity index (χ4n) is 1.30. The number of hydrogen-bond donors (Lipinski definition) is 2. The van der Waals surface area contributed by atoms with Crippen LogP contribution in [0.2, 0.25) is 0 Å². The normalized spacial score (nSPS) is 25.8. The van der Waals surface area contributed by atoms with Crippen LogP contribution >= 0.6 is 0 Å². The summed E-state index contributed by atoms with van der Waals surface area (Å²) in [5, 5.41) is 12.4. The van der Waals surface area contributed by atoms with Crippen LogP contribution in [-0.4, -0.2) is 35.9 Å². The van der Waals surface area contributed by atoms with Crippen LogP contribution in [0.25, 0.3) is 0 Å². The molecule has 0 aromatic carbocycles. The molecule has 2 unspecified atom stereocenters. The summed E-state index contributed by atoms with van der Waals surface area (Å²) >= 11 is 0. The molecule has 1 rings (SSSR count). The molecule has 82 valence electrons. The van der Waals surface area contributed by atoms with Gasteiger partial charge >= 0.3 is 0 Å². The summed E-state index contributed by atoms with van der Waals surface area (Å²) in [4.78, 5) is 11.5. The van der Waals surface area contributed by atoms with E-state index in [4.69, 9.17) is 4.74 Å². The zero-order chi connectivity index (χ0) is 10.6. The van der Waals surface area contributed by atoms with Gasteiger partial charge in [-0.25, -0.2) is 0 Å². The Bertz CT molecular complexity index is 198. The second kappa shape index (κ2) is 4.75. The first-order valence-corrected chi connectivity index (χ1v) is 5.17. The van der Waals surface area contributed by atoms with Gasteiger partial charge in [-0.15, -0.1) is 0 Å². The molecule has 2 atom stereocenters. The number of amides is 1. The fraction of sp³-hybridized carbons (Fsp3) is 0.900. The molecule has 0 bridgehead atoms. The highest BCUT2D eigenvalue weighted by Gasteiger charge is 2.25. The summed E-state index contributed by atoms with van der Waals surface area (Å²) < 4.78 is 5.22. The van der Waals surface area contributed by atoms with Crippen molar-refractivity contribution in [3.05, 3.63) is 0 Å². The number of hydrogen-bond acceptors (Lipinski definition) is 3. The minimum absolute atomic E-state index is 0.101. The smallest absolute Gasteiger partial charge is 0.249 e. The molecule has 4 nitrogen and oxygen atoms in total. The molecule has 1 saturated heterocycles. The predicted octanol–water partition coefficient (Wildman–Crippen LogP) is 0.443. The van der Waals surface area contributed by atoms with E-state index in [9.17, 15) is 9.90 Å². The average molecular weight is 201 g/mol. The van der Waals surface area contributed by atoms with E-state index >= 15 is 0 Å². The van der Waals surface area contributed by atoms with Crippen LogP contribution in [0.1, 0.15) is 33.1 Å². The number of ether oxygens (including phenoxy) is 1. The van der Waals surface area contributed by atoms with Crippen molar-refractivity contribution in [3.8, 4) is 0 Å². The minimum atomic E-state index is -0.811. The summed E-state index contributed by atoms with van der Waals surface area (Å²) in [6.07, 6.45) is 2.06. The molecule has 0 aromatic rings. The maximum Gasteiger partial charge on any atom is 0.249 e. The van der Waals surface area contributed by atoms with Gasteiger partial charge in [-0.1, -0.05) is 6.92 Å². The summed E-state index contributed by atoms with van der Waals surface area (Å²) in [7, 11) is 0. The highest BCUT2D eigenvalue weighted by molar-refractivity contribution is 5.81. The minimum Gasteiger partial charge on any atom is -0.388 e. The zero-order valence-corrected chi connectivity index (χ0v) is 8.88. The number of rotatable bonds is 4. The molecule has 14 heavy (non-hydrogen) atoms. The monoisotopic (exact) mass is 201 g/mol. The number of nitrogens with one attached hydrogen (secondary N) is 1. The first kappa shape index (κ1) is 11.5. The molecule has 1 heterocycles. The standard InChI is InChI=1S/C10H19NO3/c1-3-10(2,13)7-11-9(12)8-5-4-6-14-8/h8,13H,3-7H2,1-2H3,(H,11,12). The molecular formula is C10H19NO3. The van der Waals surface area contributed by atoms with E-state index in [1.165, 1.54) is 0 Å². The van der Waals surface area contributed by atoms with E-state index in [0.29, 0.717) is 19.6 Å². The summed E-state index contributed by atoms with van der Waals surface area (Å²) in [5.41, 5.74) is -0.811. The van der Waals surface area contributed by atoms with E-state index in [0.717, 1.165) is 12.8 Å². The van der Waals surface area contributed by atoms with Crippen molar-refractivity contribution < 1.29 is 14.6 Å². The van der Waals surface area contributed by atoms with E-state index in [1.807, 2.05) is 6.92 Å². The van der Waals surface area contributed by atoms with Gasteiger partial charge in [-0.05, 0) is 26.2 Å². The van der Waals surface area contributed by atoms with Crippen molar-refractivity contribution in [2.45, 2.75) is 44.8 Å². The third-order valence-corrected chi connectivity index (χ3v) is 2.63. The molecule has 0 spiro atoms. The van der Waals surface area contributed by atoms with Crippen molar-refractivity contribution in [1.29, 1.82) is 0 Å². The van der Waals surface area contributed by atoms with Gasteiger partial charge in [0.1, 0.15) is 6.10 Å². The van der Waals surface area contributed by atoms with Gasteiger partial charge < -0.3 is 15.2 Å². The maximum atomic E-state index is 11.5. The SMILES string of the molecule is CCC(C)(O)CNC(=O)C1CCCO1. The first-order chi connectivity index (χ1) is 6.55. The molecule has 0 saturated carbocycles. The second-order valence-electron chi connectivity index (χ2n) is 4.07. The van der Waals surface area contributed by atoms with Crippen LogP contribution in [0.5, 0.6) is 0 Å². The van der Waals surface area contributed by atoms with E-state index in [-0.39, 0.29) is 12.0 Å². The molecule has 1 aliphatic heterocycles. The highest BCUT2D eigenvalue weighted by Crippen LogP contribution is 2.12. The number of aliphatic hydroxyl groups is 1. The van der Waals surface area contributed by atoms with Crippen LogP contribution < -0.4 is 5.32 Å². The van der Waals surface area contributed by atoms with Gasteiger partial charge in [0, 0.05) is 13.2 Å². The Labute approximate surface area is 84.6 Å². The Kier molecular flexibility index (Phi) is 3.89. The van der Waals surface area contributed by atoms with Gasteiger partial charge in [-0.2, -0.15) is 0 Å². The van der Waals surface area contributed by atoms with Crippen molar-refractivity contribution in [3.63, 3.8) is 0 Å². The molecule has 0 aliphatic carbocycles. The number of carbonyl (C=O) groups excluding carboxylic acids is 1. The molecular weight excluding hydrogens is 182 g/mol. The summed E-state index contributed by atoms with van der Waals surface area (Å²) in [6, 6.07) is 0. The third kappa shape index (κ3) is 3.27. The lowest BCUT2D eigenvalue weighted by Crippen LogP contribution is -2.43. The lowest BCUT2D eigenvalue weighted by molar-refractivity contribution is -0.131. The van der Waals surface area contributed by atoms with Crippen LogP contribution in [0.4, 0.5) is 0 Å². The Balaban J connectivity index is 2.27. The zero-order valence-electron chi connectivity index (χ0n) is 8.88. The van der Waals surface area contributed by atoms with Gasteiger partial charge in [0.15, 0.2) is 0 Å². The van der Waals surface area contributed by atoms with Crippen molar-refractivity contribution in [1.82, 2.24) is 5.32 Å². The van der Waals surface area contributed by atoms with Crippen LogP contribution in [-0.2, 0) is 9.53 Å². The number of carbonyl (C=O) groups is 1. The molecule has 2 N–H and O–H groups in total. The largest absolute Gasteiger partial charge is 0.388 e. The van der Waals surface area contributed by atoms with Crippen molar-refractivity contribution in [2.24, 2.45) is 0 Å². The Morgan fingerprint density at radius 3 is 2.93 bits per heavy atom. The molecule has 1 amide bonds. The van der Waals surface area contributed by atoms with Crippen molar-refractivity contribution >= 4 is 5.91 Å².